The second kappa shape index (κ2) is 10.0. The number of ketones is 1. The number of pyridine rings is 1. The average Bonchev–Trinajstić information content (AvgIpc) is 3.13. The van der Waals surface area contributed by atoms with Crippen LogP contribution in [0.4, 0.5) is 16.0 Å². The Morgan fingerprint density at radius 3 is 2.75 bits per heavy atom. The summed E-state index contributed by atoms with van der Waals surface area (Å²) in [4.78, 5) is 23.4. The maximum absolute atomic E-state index is 14.2. The molecule has 2 aromatic carbocycles. The van der Waals surface area contributed by atoms with Gasteiger partial charge in [0.15, 0.2) is 5.78 Å². The number of carbonyl (C=O) groups excluding carboxylic acids is 1. The number of fused-ring (bicyclic) bond motifs is 1. The van der Waals surface area contributed by atoms with E-state index >= 15 is 0 Å². The summed E-state index contributed by atoms with van der Waals surface area (Å²) in [6, 6.07) is 14.0. The Morgan fingerprint density at radius 2 is 1.94 bits per heavy atom. The largest absolute Gasteiger partial charge is 0.457 e. The molecule has 1 aliphatic heterocycles. The molecule has 2 aromatic heterocycles. The second-order valence-electron chi connectivity index (χ2n) is 9.11. The first-order valence-corrected chi connectivity index (χ1v) is 11.8. The number of methoxy groups -OCH3 is 1. The first kappa shape index (κ1) is 23.9. The zero-order chi connectivity index (χ0) is 25.2. The van der Waals surface area contributed by atoms with Crippen LogP contribution in [0.1, 0.15) is 11.3 Å². The molecule has 0 aliphatic carbocycles. The van der Waals surface area contributed by atoms with Crippen molar-refractivity contribution in [1.82, 2.24) is 19.4 Å². The van der Waals surface area contributed by atoms with E-state index in [0.29, 0.717) is 40.9 Å². The molecule has 9 heteroatoms. The molecule has 0 spiro atoms. The Morgan fingerprint density at radius 1 is 1.14 bits per heavy atom. The number of imidazole rings is 1. The van der Waals surface area contributed by atoms with Crippen LogP contribution in [0.5, 0.6) is 11.5 Å². The van der Waals surface area contributed by atoms with Gasteiger partial charge in [-0.2, -0.15) is 0 Å². The summed E-state index contributed by atoms with van der Waals surface area (Å²) in [7, 11) is 3.56. The fourth-order valence-corrected chi connectivity index (χ4v) is 4.27. The molecule has 1 fully saturated rings. The third-order valence-corrected chi connectivity index (χ3v) is 6.28. The Labute approximate surface area is 208 Å². The number of nitrogens with one attached hydrogen (secondary N) is 1. The van der Waals surface area contributed by atoms with Gasteiger partial charge >= 0.3 is 0 Å². The molecule has 1 aliphatic rings. The van der Waals surface area contributed by atoms with Crippen LogP contribution in [-0.2, 0) is 23.0 Å². The molecule has 0 radical (unpaired) electrons. The van der Waals surface area contributed by atoms with Crippen molar-refractivity contribution in [3.05, 3.63) is 71.8 Å². The van der Waals surface area contributed by atoms with Crippen molar-refractivity contribution in [2.75, 3.05) is 32.1 Å². The highest BCUT2D eigenvalue weighted by Crippen LogP contribution is 2.29. The van der Waals surface area contributed by atoms with Crippen LogP contribution in [-0.4, -0.2) is 58.1 Å². The molecule has 1 saturated heterocycles. The van der Waals surface area contributed by atoms with Crippen LogP contribution in [0.25, 0.3) is 11.0 Å². The molecule has 186 valence electrons. The normalized spacial score (nSPS) is 14.1. The first-order chi connectivity index (χ1) is 17.4. The number of halogens is 1. The smallest absolute Gasteiger partial charge is 0.208 e. The maximum Gasteiger partial charge on any atom is 0.208 e. The second-order valence-corrected chi connectivity index (χ2v) is 9.11. The Kier molecular flexibility index (Phi) is 6.67. The number of likely N-dealkylation sites (tertiary alicyclic amines) is 1. The number of carbonyl (C=O) groups is 1. The SMILES string of the molecule is COC1CN(CC(=O)Cc2cc(Oc3ccc4c(c3)nc(Nc3cc(C)ccc3F)n4C)ccn2)C1. The number of anilines is 2. The van der Waals surface area contributed by atoms with E-state index in [4.69, 9.17) is 9.47 Å². The molecule has 8 nitrogen and oxygen atoms in total. The molecule has 5 rings (SSSR count). The highest BCUT2D eigenvalue weighted by molar-refractivity contribution is 5.83. The summed E-state index contributed by atoms with van der Waals surface area (Å²) in [5, 5.41) is 3.08. The fraction of sp³-hybridized carbons (Fsp3) is 0.296. The third-order valence-electron chi connectivity index (χ3n) is 6.28. The predicted molar refractivity (Wildman–Crippen MR) is 135 cm³/mol. The van der Waals surface area contributed by atoms with E-state index in [1.165, 1.54) is 6.07 Å². The summed E-state index contributed by atoms with van der Waals surface area (Å²) in [6.07, 6.45) is 2.11. The molecule has 0 amide bonds. The fourth-order valence-electron chi connectivity index (χ4n) is 4.27. The van der Waals surface area contributed by atoms with Gasteiger partial charge < -0.3 is 19.4 Å². The lowest BCUT2D eigenvalue weighted by atomic mass is 10.1. The molecular formula is C27H28FN5O3. The van der Waals surface area contributed by atoms with Crippen molar-refractivity contribution < 1.29 is 18.7 Å². The van der Waals surface area contributed by atoms with E-state index in [1.54, 1.807) is 37.6 Å². The minimum Gasteiger partial charge on any atom is -0.457 e. The van der Waals surface area contributed by atoms with Gasteiger partial charge in [-0.1, -0.05) is 6.07 Å². The number of ether oxygens (including phenoxy) is 2. The Hall–Kier alpha value is -3.82. The number of aromatic nitrogens is 3. The quantitative estimate of drug-likeness (QED) is 0.373. The van der Waals surface area contributed by atoms with Crippen LogP contribution >= 0.6 is 0 Å². The molecule has 0 unspecified atom stereocenters. The van der Waals surface area contributed by atoms with E-state index in [9.17, 15) is 9.18 Å². The molecular weight excluding hydrogens is 461 g/mol. The van der Waals surface area contributed by atoms with Crippen molar-refractivity contribution >= 4 is 28.5 Å². The topological polar surface area (TPSA) is 81.5 Å². The number of Topliss-reactive ketones (excluding diaryl/α,β-unsaturated/α-hetero) is 1. The van der Waals surface area contributed by atoms with Crippen molar-refractivity contribution in [1.29, 1.82) is 0 Å². The lowest BCUT2D eigenvalue weighted by Crippen LogP contribution is -2.53. The van der Waals surface area contributed by atoms with Crippen LogP contribution in [0.3, 0.4) is 0 Å². The van der Waals surface area contributed by atoms with Crippen molar-refractivity contribution in [2.45, 2.75) is 19.4 Å². The standard InChI is InChI=1S/C27H28FN5O3/c1-17-4-6-23(28)24(10-17)30-27-31-25-13-20(5-7-26(25)32(27)2)36-21-8-9-29-18(12-21)11-19(34)14-33-15-22(16-33)35-3/h4-10,12-13,22H,11,14-16H2,1-3H3,(H,30,31). The lowest BCUT2D eigenvalue weighted by Gasteiger charge is -2.37. The van der Waals surface area contributed by atoms with Gasteiger partial charge in [0.25, 0.3) is 0 Å². The zero-order valence-electron chi connectivity index (χ0n) is 20.5. The van der Waals surface area contributed by atoms with E-state index in [0.717, 1.165) is 24.2 Å². The van der Waals surface area contributed by atoms with E-state index in [1.807, 2.05) is 36.7 Å². The van der Waals surface area contributed by atoms with Crippen LogP contribution in [0.2, 0.25) is 0 Å². The number of hydrogen-bond acceptors (Lipinski definition) is 7. The highest BCUT2D eigenvalue weighted by Gasteiger charge is 2.27. The van der Waals surface area contributed by atoms with Crippen molar-refractivity contribution in [3.63, 3.8) is 0 Å². The molecule has 0 bridgehead atoms. The molecule has 1 N–H and O–H groups in total. The Balaban J connectivity index is 1.27. The molecule has 4 aromatic rings. The Bertz CT molecular complexity index is 1410. The van der Waals surface area contributed by atoms with E-state index in [2.05, 4.69) is 20.2 Å². The average molecular weight is 490 g/mol. The van der Waals surface area contributed by atoms with Gasteiger partial charge in [-0.25, -0.2) is 9.37 Å². The minimum absolute atomic E-state index is 0.106. The third kappa shape index (κ3) is 5.22. The number of benzene rings is 2. The maximum atomic E-state index is 14.2. The highest BCUT2D eigenvalue weighted by atomic mass is 19.1. The summed E-state index contributed by atoms with van der Waals surface area (Å²) in [5.74, 6) is 1.48. The lowest BCUT2D eigenvalue weighted by molar-refractivity contribution is -0.123. The van der Waals surface area contributed by atoms with Gasteiger partial charge in [0.1, 0.15) is 17.3 Å². The van der Waals surface area contributed by atoms with E-state index in [-0.39, 0.29) is 24.1 Å². The van der Waals surface area contributed by atoms with Gasteiger partial charge in [-0.15, -0.1) is 0 Å². The van der Waals surface area contributed by atoms with Gasteiger partial charge in [-0.3, -0.25) is 14.7 Å². The summed E-state index contributed by atoms with van der Waals surface area (Å²) < 4.78 is 27.4. The summed E-state index contributed by atoms with van der Waals surface area (Å²) in [6.45, 7) is 3.87. The number of hydrogen-bond donors (Lipinski definition) is 1. The van der Waals surface area contributed by atoms with Gasteiger partial charge in [0, 0.05) is 45.6 Å². The first-order valence-electron chi connectivity index (χ1n) is 11.8. The van der Waals surface area contributed by atoms with Crippen LogP contribution < -0.4 is 10.1 Å². The van der Waals surface area contributed by atoms with E-state index < -0.39 is 0 Å². The van der Waals surface area contributed by atoms with Gasteiger partial charge in [-0.05, 0) is 42.8 Å². The zero-order valence-corrected chi connectivity index (χ0v) is 20.5. The number of rotatable bonds is 9. The monoisotopic (exact) mass is 489 g/mol. The predicted octanol–water partition coefficient (Wildman–Crippen LogP) is 4.39. The molecule has 3 heterocycles. The van der Waals surface area contributed by atoms with Crippen LogP contribution in [0.15, 0.2) is 54.7 Å². The molecule has 0 atom stereocenters. The summed E-state index contributed by atoms with van der Waals surface area (Å²) in [5.41, 5.74) is 3.56. The van der Waals surface area contributed by atoms with Crippen molar-refractivity contribution in [3.8, 4) is 11.5 Å². The summed E-state index contributed by atoms with van der Waals surface area (Å²) >= 11 is 0. The molecule has 36 heavy (non-hydrogen) atoms. The van der Waals surface area contributed by atoms with Crippen molar-refractivity contribution in [2.24, 2.45) is 7.05 Å². The molecule has 0 saturated carbocycles. The van der Waals surface area contributed by atoms with Gasteiger partial charge in [0.05, 0.1) is 41.5 Å². The number of aryl methyl sites for hydroxylation is 2. The van der Waals surface area contributed by atoms with Gasteiger partial charge in [0.2, 0.25) is 5.95 Å². The number of nitrogens with zero attached hydrogens (tertiary/aromatic N) is 4. The van der Waals surface area contributed by atoms with Crippen LogP contribution in [0, 0.1) is 12.7 Å². The minimum atomic E-state index is -0.340.